The van der Waals surface area contributed by atoms with Gasteiger partial charge in [0.2, 0.25) is 5.91 Å². The molecule has 134 valence electrons. The summed E-state index contributed by atoms with van der Waals surface area (Å²) in [5, 5.41) is 5.50. The molecule has 0 saturated heterocycles. The molecule has 0 fully saturated rings. The Morgan fingerprint density at radius 3 is 2.85 bits per heavy atom. The number of rotatable bonds is 2. The predicted molar refractivity (Wildman–Crippen MR) is 103 cm³/mol. The second-order valence-corrected chi connectivity index (χ2v) is 7.38. The largest absolute Gasteiger partial charge is 0.338 e. The Morgan fingerprint density at radius 2 is 2.12 bits per heavy atom. The topological polar surface area (TPSA) is 50.5 Å². The minimum atomic E-state index is -0.441. The first-order valence-electron chi connectivity index (χ1n) is 8.53. The smallest absolute Gasteiger partial charge is 0.234 e. The molecule has 2 atom stereocenters. The van der Waals surface area contributed by atoms with E-state index in [1.54, 1.807) is 10.9 Å². The van der Waals surface area contributed by atoms with Gasteiger partial charge in [-0.25, -0.2) is 9.67 Å². The van der Waals surface area contributed by atoms with E-state index in [9.17, 15) is 4.79 Å². The summed E-state index contributed by atoms with van der Waals surface area (Å²) in [6, 6.07) is 7.21. The zero-order valence-corrected chi connectivity index (χ0v) is 15.8. The van der Waals surface area contributed by atoms with Gasteiger partial charge in [0, 0.05) is 23.8 Å². The summed E-state index contributed by atoms with van der Waals surface area (Å²) in [5.74, 6) is 0.193. The lowest BCUT2D eigenvalue weighted by Crippen LogP contribution is -2.45. The Balaban J connectivity index is 1.82. The van der Waals surface area contributed by atoms with E-state index in [0.29, 0.717) is 29.0 Å². The van der Waals surface area contributed by atoms with Crippen LogP contribution in [0.4, 0.5) is 5.82 Å². The third-order valence-electron chi connectivity index (χ3n) is 4.86. The summed E-state index contributed by atoms with van der Waals surface area (Å²) in [5.41, 5.74) is 1.66. The number of hydrogen-bond acceptors (Lipinski definition) is 3. The van der Waals surface area contributed by atoms with Gasteiger partial charge in [0.15, 0.2) is 5.82 Å². The van der Waals surface area contributed by atoms with Crippen molar-refractivity contribution in [2.75, 3.05) is 13.1 Å². The maximum absolute atomic E-state index is 13.4. The highest BCUT2D eigenvalue weighted by molar-refractivity contribution is 6.33. The molecular formula is C19H18Cl2N4O. The SMILES string of the molecule is CC1=Nc2c(Cl)cnn2C(c2cccc(Cl)c2)C1C(=O)N1CC=CCC1. The first-order chi connectivity index (χ1) is 12.6. The van der Waals surface area contributed by atoms with Gasteiger partial charge < -0.3 is 4.90 Å². The Morgan fingerprint density at radius 1 is 1.27 bits per heavy atom. The van der Waals surface area contributed by atoms with Gasteiger partial charge in [-0.05, 0) is 31.0 Å². The zero-order valence-electron chi connectivity index (χ0n) is 14.3. The van der Waals surface area contributed by atoms with Crippen molar-refractivity contribution >= 4 is 40.6 Å². The molecule has 0 aliphatic carbocycles. The molecule has 7 heteroatoms. The number of amides is 1. The fourth-order valence-electron chi connectivity index (χ4n) is 3.63. The summed E-state index contributed by atoms with van der Waals surface area (Å²) in [7, 11) is 0. The van der Waals surface area contributed by atoms with E-state index in [1.807, 2.05) is 42.2 Å². The predicted octanol–water partition coefficient (Wildman–Crippen LogP) is 4.29. The Labute approximate surface area is 161 Å². The molecule has 0 N–H and O–H groups in total. The highest BCUT2D eigenvalue weighted by atomic mass is 35.5. The second kappa shape index (κ2) is 6.89. The van der Waals surface area contributed by atoms with E-state index in [-0.39, 0.29) is 11.9 Å². The molecule has 2 aliphatic rings. The maximum atomic E-state index is 13.4. The van der Waals surface area contributed by atoms with Gasteiger partial charge in [0.1, 0.15) is 10.9 Å². The highest BCUT2D eigenvalue weighted by Crippen LogP contribution is 2.40. The fourth-order valence-corrected chi connectivity index (χ4v) is 4.00. The Hall–Kier alpha value is -2.11. The van der Waals surface area contributed by atoms with Crippen LogP contribution in [0.3, 0.4) is 0 Å². The summed E-state index contributed by atoms with van der Waals surface area (Å²) in [6.45, 7) is 3.22. The van der Waals surface area contributed by atoms with Crippen molar-refractivity contribution in [3.05, 3.63) is 58.2 Å². The van der Waals surface area contributed by atoms with Gasteiger partial charge in [-0.2, -0.15) is 5.10 Å². The average Bonchev–Trinajstić information content (AvgIpc) is 3.01. The van der Waals surface area contributed by atoms with Crippen LogP contribution in [0.5, 0.6) is 0 Å². The second-order valence-electron chi connectivity index (χ2n) is 6.54. The van der Waals surface area contributed by atoms with Crippen LogP contribution < -0.4 is 0 Å². The quantitative estimate of drug-likeness (QED) is 0.720. The molecule has 0 saturated carbocycles. The van der Waals surface area contributed by atoms with E-state index in [0.717, 1.165) is 17.7 Å². The number of benzene rings is 1. The van der Waals surface area contributed by atoms with Gasteiger partial charge in [-0.15, -0.1) is 0 Å². The molecule has 5 nitrogen and oxygen atoms in total. The first-order valence-corrected chi connectivity index (χ1v) is 9.29. The molecule has 26 heavy (non-hydrogen) atoms. The lowest BCUT2D eigenvalue weighted by molar-refractivity contribution is -0.134. The molecule has 0 radical (unpaired) electrons. The van der Waals surface area contributed by atoms with Crippen molar-refractivity contribution in [2.45, 2.75) is 19.4 Å². The maximum Gasteiger partial charge on any atom is 0.234 e. The summed E-state index contributed by atoms with van der Waals surface area (Å²) >= 11 is 12.5. The van der Waals surface area contributed by atoms with Crippen LogP contribution >= 0.6 is 23.2 Å². The Bertz CT molecular complexity index is 918. The van der Waals surface area contributed by atoms with Crippen molar-refractivity contribution in [3.8, 4) is 0 Å². The number of nitrogens with zero attached hydrogens (tertiary/aromatic N) is 4. The minimum Gasteiger partial charge on any atom is -0.338 e. The standard InChI is InChI=1S/C19H18Cl2N4O/c1-12-16(19(26)24-8-3-2-4-9-24)17(13-6-5-7-14(20)10-13)25-18(23-12)15(21)11-22-25/h2-3,5-7,10-11,16-17H,4,8-9H2,1H3. The normalized spacial score (nSPS) is 22.1. The molecular weight excluding hydrogens is 371 g/mol. The minimum absolute atomic E-state index is 0.0536. The van der Waals surface area contributed by atoms with E-state index < -0.39 is 5.92 Å². The van der Waals surface area contributed by atoms with E-state index >= 15 is 0 Å². The van der Waals surface area contributed by atoms with Crippen molar-refractivity contribution in [1.82, 2.24) is 14.7 Å². The number of aromatic nitrogens is 2. The van der Waals surface area contributed by atoms with Crippen LogP contribution in [0.15, 0.2) is 47.6 Å². The van der Waals surface area contributed by atoms with Crippen molar-refractivity contribution in [2.24, 2.45) is 10.9 Å². The number of carbonyl (C=O) groups is 1. The van der Waals surface area contributed by atoms with Gasteiger partial charge in [-0.1, -0.05) is 47.5 Å². The molecule has 4 rings (SSSR count). The van der Waals surface area contributed by atoms with E-state index in [1.165, 1.54) is 0 Å². The third-order valence-corrected chi connectivity index (χ3v) is 5.37. The van der Waals surface area contributed by atoms with Gasteiger partial charge in [0.05, 0.1) is 12.2 Å². The Kier molecular flexibility index (Phi) is 4.59. The molecule has 3 heterocycles. The van der Waals surface area contributed by atoms with Gasteiger partial charge in [-0.3, -0.25) is 4.79 Å². The van der Waals surface area contributed by atoms with Crippen molar-refractivity contribution < 1.29 is 4.79 Å². The van der Waals surface area contributed by atoms with Crippen LogP contribution in [0, 0.1) is 5.92 Å². The fraction of sp³-hybridized carbons (Fsp3) is 0.316. The molecule has 0 bridgehead atoms. The summed E-state index contributed by atoms with van der Waals surface area (Å²) in [6.07, 6.45) is 6.57. The number of aliphatic imine (C=N–C) groups is 1. The molecule has 0 spiro atoms. The van der Waals surface area contributed by atoms with Crippen molar-refractivity contribution in [3.63, 3.8) is 0 Å². The molecule has 2 aliphatic heterocycles. The summed E-state index contributed by atoms with van der Waals surface area (Å²) in [4.78, 5) is 19.8. The van der Waals surface area contributed by atoms with Crippen LogP contribution in [0.1, 0.15) is 24.9 Å². The van der Waals surface area contributed by atoms with Gasteiger partial charge in [0.25, 0.3) is 0 Å². The number of carbonyl (C=O) groups excluding carboxylic acids is 1. The van der Waals surface area contributed by atoms with Crippen molar-refractivity contribution in [1.29, 1.82) is 0 Å². The van der Waals surface area contributed by atoms with Crippen LogP contribution in [-0.4, -0.2) is 39.4 Å². The molecule has 2 unspecified atom stereocenters. The van der Waals surface area contributed by atoms with Crippen LogP contribution in [0.25, 0.3) is 0 Å². The van der Waals surface area contributed by atoms with Crippen LogP contribution in [-0.2, 0) is 4.79 Å². The molecule has 1 amide bonds. The first kappa shape index (κ1) is 17.3. The highest BCUT2D eigenvalue weighted by Gasteiger charge is 2.40. The molecule has 1 aromatic carbocycles. The van der Waals surface area contributed by atoms with Crippen LogP contribution in [0.2, 0.25) is 10.0 Å². The molecule has 1 aromatic heterocycles. The lowest BCUT2D eigenvalue weighted by Gasteiger charge is -2.35. The van der Waals surface area contributed by atoms with Gasteiger partial charge >= 0.3 is 0 Å². The molecule has 2 aromatic rings. The zero-order chi connectivity index (χ0) is 18.3. The number of halogens is 2. The van der Waals surface area contributed by atoms with E-state index in [4.69, 9.17) is 23.2 Å². The average molecular weight is 389 g/mol. The third kappa shape index (κ3) is 2.95. The number of fused-ring (bicyclic) bond motifs is 1. The monoisotopic (exact) mass is 388 g/mol. The lowest BCUT2D eigenvalue weighted by atomic mass is 9.87. The van der Waals surface area contributed by atoms with E-state index in [2.05, 4.69) is 16.2 Å². The summed E-state index contributed by atoms with van der Waals surface area (Å²) < 4.78 is 1.74. The number of hydrogen-bond donors (Lipinski definition) is 0.